The summed E-state index contributed by atoms with van der Waals surface area (Å²) in [4.78, 5) is 8.25. The number of rotatable bonds is 4. The number of nitrogens with zero attached hydrogens (tertiary/aromatic N) is 2. The summed E-state index contributed by atoms with van der Waals surface area (Å²) in [6.07, 6.45) is 2.66. The van der Waals surface area contributed by atoms with Crippen molar-refractivity contribution in [2.24, 2.45) is 4.99 Å². The molecule has 0 saturated heterocycles. The van der Waals surface area contributed by atoms with Crippen LogP contribution < -0.4 is 11.1 Å². The molecule has 0 radical (unpaired) electrons. The molecule has 1 heterocycles. The SMILES string of the molecule is CCc1ccc(-c2cc(NC=NC)cc(N)n2)cc1. The first-order chi connectivity index (χ1) is 9.22. The van der Waals surface area contributed by atoms with Crippen LogP contribution in [0.3, 0.4) is 0 Å². The van der Waals surface area contributed by atoms with Gasteiger partial charge in [-0.3, -0.25) is 4.99 Å². The first kappa shape index (κ1) is 13.1. The minimum absolute atomic E-state index is 0.490. The number of anilines is 2. The van der Waals surface area contributed by atoms with Crippen molar-refractivity contribution in [2.45, 2.75) is 13.3 Å². The van der Waals surface area contributed by atoms with Crippen LogP contribution in [0.1, 0.15) is 12.5 Å². The molecule has 1 aromatic heterocycles. The Labute approximate surface area is 113 Å². The van der Waals surface area contributed by atoms with E-state index in [1.807, 2.05) is 6.07 Å². The number of hydrogen-bond donors (Lipinski definition) is 2. The third-order valence-electron chi connectivity index (χ3n) is 2.86. The van der Waals surface area contributed by atoms with E-state index in [9.17, 15) is 0 Å². The normalized spacial score (nSPS) is 10.8. The van der Waals surface area contributed by atoms with Gasteiger partial charge in [-0.2, -0.15) is 0 Å². The molecule has 3 N–H and O–H groups in total. The maximum absolute atomic E-state index is 5.83. The van der Waals surface area contributed by atoms with E-state index in [-0.39, 0.29) is 0 Å². The fraction of sp³-hybridized carbons (Fsp3) is 0.200. The van der Waals surface area contributed by atoms with Gasteiger partial charge in [-0.1, -0.05) is 31.2 Å². The molecule has 0 aliphatic carbocycles. The Kier molecular flexibility index (Phi) is 4.13. The molecule has 0 spiro atoms. The van der Waals surface area contributed by atoms with Crippen molar-refractivity contribution in [1.82, 2.24) is 4.98 Å². The van der Waals surface area contributed by atoms with Crippen molar-refractivity contribution in [3.8, 4) is 11.3 Å². The van der Waals surface area contributed by atoms with Crippen LogP contribution in [-0.4, -0.2) is 18.4 Å². The van der Waals surface area contributed by atoms with Crippen LogP contribution in [0, 0.1) is 0 Å². The number of aromatic nitrogens is 1. The molecule has 0 aliphatic rings. The molecule has 4 heteroatoms. The highest BCUT2D eigenvalue weighted by atomic mass is 14.9. The quantitative estimate of drug-likeness (QED) is 0.651. The molecule has 0 aliphatic heterocycles. The molecule has 19 heavy (non-hydrogen) atoms. The van der Waals surface area contributed by atoms with Gasteiger partial charge in [0.2, 0.25) is 0 Å². The standard InChI is InChI=1S/C15H18N4/c1-3-11-4-6-12(7-5-11)14-8-13(18-10-17-2)9-15(16)19-14/h4-10H,3H2,1-2H3,(H3,16,17,18,19). The minimum Gasteiger partial charge on any atom is -0.384 e. The summed E-state index contributed by atoms with van der Waals surface area (Å²) in [6, 6.07) is 12.1. The van der Waals surface area contributed by atoms with E-state index >= 15 is 0 Å². The molecular formula is C15H18N4. The Hall–Kier alpha value is -2.36. The molecule has 2 aromatic rings. The molecule has 0 saturated carbocycles. The van der Waals surface area contributed by atoms with Crippen LogP contribution >= 0.6 is 0 Å². The van der Waals surface area contributed by atoms with Crippen molar-refractivity contribution in [3.63, 3.8) is 0 Å². The zero-order chi connectivity index (χ0) is 13.7. The topological polar surface area (TPSA) is 63.3 Å². The summed E-state index contributed by atoms with van der Waals surface area (Å²) >= 11 is 0. The number of pyridine rings is 1. The number of benzene rings is 1. The molecule has 0 amide bonds. The Morgan fingerprint density at radius 1 is 1.26 bits per heavy atom. The lowest BCUT2D eigenvalue weighted by Crippen LogP contribution is -1.99. The van der Waals surface area contributed by atoms with Gasteiger partial charge in [0.05, 0.1) is 12.0 Å². The van der Waals surface area contributed by atoms with Gasteiger partial charge < -0.3 is 11.1 Å². The zero-order valence-corrected chi connectivity index (χ0v) is 11.2. The number of aryl methyl sites for hydroxylation is 1. The second kappa shape index (κ2) is 6.00. The maximum atomic E-state index is 5.83. The van der Waals surface area contributed by atoms with Crippen molar-refractivity contribution >= 4 is 17.8 Å². The smallest absolute Gasteiger partial charge is 0.126 e. The number of nitrogens with two attached hydrogens (primary N) is 1. The highest BCUT2D eigenvalue weighted by Gasteiger charge is 2.03. The highest BCUT2D eigenvalue weighted by Crippen LogP contribution is 2.23. The molecule has 98 valence electrons. The van der Waals surface area contributed by atoms with Crippen molar-refractivity contribution in [3.05, 3.63) is 42.0 Å². The second-order valence-corrected chi connectivity index (χ2v) is 4.25. The van der Waals surface area contributed by atoms with E-state index < -0.39 is 0 Å². The molecule has 1 aromatic carbocycles. The van der Waals surface area contributed by atoms with Crippen LogP contribution in [0.25, 0.3) is 11.3 Å². The monoisotopic (exact) mass is 254 g/mol. The Bertz CT molecular complexity index is 573. The summed E-state index contributed by atoms with van der Waals surface area (Å²) in [6.45, 7) is 2.14. The molecule has 0 unspecified atom stereocenters. The van der Waals surface area contributed by atoms with Gasteiger partial charge in [0.1, 0.15) is 5.82 Å². The Morgan fingerprint density at radius 2 is 2.00 bits per heavy atom. The summed E-state index contributed by atoms with van der Waals surface area (Å²) < 4.78 is 0. The average Bonchev–Trinajstić information content (AvgIpc) is 2.44. The summed E-state index contributed by atoms with van der Waals surface area (Å²) in [5, 5.41) is 3.06. The molecule has 2 rings (SSSR count). The molecule has 0 fully saturated rings. The molecule has 4 nitrogen and oxygen atoms in total. The largest absolute Gasteiger partial charge is 0.384 e. The molecule has 0 bridgehead atoms. The third kappa shape index (κ3) is 3.31. The lowest BCUT2D eigenvalue weighted by Gasteiger charge is -2.07. The highest BCUT2D eigenvalue weighted by molar-refractivity contribution is 5.79. The zero-order valence-electron chi connectivity index (χ0n) is 11.2. The first-order valence-corrected chi connectivity index (χ1v) is 6.27. The lowest BCUT2D eigenvalue weighted by molar-refractivity contribution is 1.14. The number of nitrogens with one attached hydrogen (secondary N) is 1. The van der Waals surface area contributed by atoms with Gasteiger partial charge in [-0.25, -0.2) is 4.98 Å². The van der Waals surface area contributed by atoms with E-state index in [1.54, 1.807) is 19.5 Å². The van der Waals surface area contributed by atoms with Gasteiger partial charge in [-0.15, -0.1) is 0 Å². The predicted octanol–water partition coefficient (Wildman–Crippen LogP) is 2.96. The number of nitrogen functional groups attached to an aromatic ring is 1. The van der Waals surface area contributed by atoms with E-state index in [4.69, 9.17) is 5.73 Å². The van der Waals surface area contributed by atoms with E-state index in [2.05, 4.69) is 46.5 Å². The van der Waals surface area contributed by atoms with Crippen LogP contribution in [0.2, 0.25) is 0 Å². The van der Waals surface area contributed by atoms with E-state index in [0.717, 1.165) is 23.4 Å². The van der Waals surface area contributed by atoms with Crippen LogP contribution in [0.4, 0.5) is 11.5 Å². The Morgan fingerprint density at radius 3 is 2.63 bits per heavy atom. The number of aliphatic imine (C=N–C) groups is 1. The second-order valence-electron chi connectivity index (χ2n) is 4.25. The molecule has 0 atom stereocenters. The fourth-order valence-electron chi connectivity index (χ4n) is 1.83. The lowest BCUT2D eigenvalue weighted by atomic mass is 10.1. The van der Waals surface area contributed by atoms with Gasteiger partial charge in [-0.05, 0) is 18.1 Å². The van der Waals surface area contributed by atoms with Crippen LogP contribution in [-0.2, 0) is 6.42 Å². The average molecular weight is 254 g/mol. The first-order valence-electron chi connectivity index (χ1n) is 6.27. The minimum atomic E-state index is 0.490. The maximum Gasteiger partial charge on any atom is 0.126 e. The van der Waals surface area contributed by atoms with Gasteiger partial charge >= 0.3 is 0 Å². The number of hydrogen-bond acceptors (Lipinski definition) is 3. The van der Waals surface area contributed by atoms with Crippen LogP contribution in [0.15, 0.2) is 41.4 Å². The summed E-state index contributed by atoms with van der Waals surface area (Å²) in [5.41, 5.74) is 9.93. The fourth-order valence-corrected chi connectivity index (χ4v) is 1.83. The van der Waals surface area contributed by atoms with Gasteiger partial charge in [0.25, 0.3) is 0 Å². The Balaban J connectivity index is 2.34. The van der Waals surface area contributed by atoms with Crippen molar-refractivity contribution in [1.29, 1.82) is 0 Å². The molecular weight excluding hydrogens is 236 g/mol. The van der Waals surface area contributed by atoms with Crippen LogP contribution in [0.5, 0.6) is 0 Å². The van der Waals surface area contributed by atoms with Crippen molar-refractivity contribution < 1.29 is 0 Å². The van der Waals surface area contributed by atoms with E-state index in [1.165, 1.54) is 5.56 Å². The summed E-state index contributed by atoms with van der Waals surface area (Å²) in [7, 11) is 1.71. The summed E-state index contributed by atoms with van der Waals surface area (Å²) in [5.74, 6) is 0.490. The predicted molar refractivity (Wildman–Crippen MR) is 81.5 cm³/mol. The third-order valence-corrected chi connectivity index (χ3v) is 2.86. The van der Waals surface area contributed by atoms with E-state index in [0.29, 0.717) is 5.82 Å². The van der Waals surface area contributed by atoms with Gasteiger partial charge in [0, 0.05) is 24.4 Å². The van der Waals surface area contributed by atoms with Crippen molar-refractivity contribution in [2.75, 3.05) is 18.1 Å². The van der Waals surface area contributed by atoms with Gasteiger partial charge in [0.15, 0.2) is 0 Å².